The van der Waals surface area contributed by atoms with Crippen molar-refractivity contribution in [3.05, 3.63) is 60.6 Å². The first-order valence-electron chi connectivity index (χ1n) is 11.1. The number of benzene rings is 1. The van der Waals surface area contributed by atoms with Crippen molar-refractivity contribution in [2.24, 2.45) is 21.5 Å². The molecule has 0 radical (unpaired) electrons. The van der Waals surface area contributed by atoms with E-state index in [1.165, 1.54) is 6.42 Å². The van der Waals surface area contributed by atoms with Crippen LogP contribution < -0.4 is 21.7 Å². The zero-order valence-electron chi connectivity index (χ0n) is 18.6. The van der Waals surface area contributed by atoms with E-state index in [-0.39, 0.29) is 5.96 Å². The minimum absolute atomic E-state index is 0.247. The Labute approximate surface area is 192 Å². The van der Waals surface area contributed by atoms with Crippen LogP contribution >= 0.6 is 0 Å². The molecule has 0 atom stereocenters. The number of nitrogens with zero attached hydrogens (tertiary/aromatic N) is 6. The molecule has 33 heavy (non-hydrogen) atoms. The number of guanidine groups is 2. The minimum Gasteiger partial charge on any atom is -0.369 e. The molecule has 0 unspecified atom stereocenters. The maximum absolute atomic E-state index is 6.40. The highest BCUT2D eigenvalue weighted by Gasteiger charge is 2.42. The van der Waals surface area contributed by atoms with Crippen LogP contribution in [0.2, 0.25) is 0 Å². The maximum atomic E-state index is 6.40. The number of nitrogens with one attached hydrogen (secondary N) is 1. The van der Waals surface area contributed by atoms with E-state index in [9.17, 15) is 0 Å². The Kier molecular flexibility index (Phi) is 5.37. The first-order valence-corrected chi connectivity index (χ1v) is 11.1. The molecule has 5 N–H and O–H groups in total. The van der Waals surface area contributed by atoms with Gasteiger partial charge in [0.15, 0.2) is 0 Å². The van der Waals surface area contributed by atoms with Gasteiger partial charge in [0.2, 0.25) is 17.9 Å². The molecule has 9 heteroatoms. The number of pyridine rings is 1. The van der Waals surface area contributed by atoms with E-state index in [0.29, 0.717) is 11.9 Å². The molecule has 9 nitrogen and oxygen atoms in total. The van der Waals surface area contributed by atoms with Crippen molar-refractivity contribution in [3.63, 3.8) is 0 Å². The summed E-state index contributed by atoms with van der Waals surface area (Å²) in [6.07, 6.45) is 10.4. The van der Waals surface area contributed by atoms with E-state index >= 15 is 0 Å². The van der Waals surface area contributed by atoms with Gasteiger partial charge in [-0.15, -0.1) is 0 Å². The molecule has 3 heterocycles. The Morgan fingerprint density at radius 2 is 1.88 bits per heavy atom. The molecule has 1 spiro atoms. The van der Waals surface area contributed by atoms with Crippen LogP contribution in [0.1, 0.15) is 37.7 Å². The third kappa shape index (κ3) is 4.09. The predicted molar refractivity (Wildman–Crippen MR) is 131 cm³/mol. The molecule has 1 aliphatic heterocycles. The van der Waals surface area contributed by atoms with Crippen LogP contribution in [0.5, 0.6) is 0 Å². The largest absolute Gasteiger partial charge is 0.369 e. The summed E-state index contributed by atoms with van der Waals surface area (Å²) < 4.78 is 0. The van der Waals surface area contributed by atoms with Crippen molar-refractivity contribution in [2.45, 2.75) is 44.7 Å². The van der Waals surface area contributed by atoms with Crippen molar-refractivity contribution in [2.75, 3.05) is 10.2 Å². The normalized spacial score (nSPS) is 17.4. The lowest BCUT2D eigenvalue weighted by atomic mass is 9.87. The number of anilines is 3. The average molecular weight is 442 g/mol. The number of aliphatic imine (C=N–C) groups is 2. The van der Waals surface area contributed by atoms with E-state index in [2.05, 4.69) is 25.3 Å². The first-order chi connectivity index (χ1) is 16.0. The lowest BCUT2D eigenvalue weighted by molar-refractivity contribution is 0.305. The van der Waals surface area contributed by atoms with E-state index in [1.807, 2.05) is 48.2 Å². The molecule has 1 aliphatic carbocycles. The van der Waals surface area contributed by atoms with Crippen LogP contribution in [0.4, 0.5) is 17.3 Å². The minimum atomic E-state index is -0.489. The SMILES string of the molecule is Cc1ccc(N2C(N)=NC(N)=NC23CCCCC3)cc1Nc1nccc(-c2cccnc2)n1. The fourth-order valence-corrected chi connectivity index (χ4v) is 4.59. The molecular formula is C24H27N9. The van der Waals surface area contributed by atoms with Crippen LogP contribution in [-0.2, 0) is 0 Å². The number of rotatable bonds is 4. The molecule has 3 aromatic rings. The van der Waals surface area contributed by atoms with Crippen molar-refractivity contribution in [3.8, 4) is 11.3 Å². The first kappa shape index (κ1) is 20.9. The number of aryl methyl sites for hydroxylation is 1. The Hall–Kier alpha value is -4.01. The molecule has 1 aromatic carbocycles. The molecule has 168 valence electrons. The van der Waals surface area contributed by atoms with Gasteiger partial charge in [0.25, 0.3) is 0 Å². The molecule has 0 saturated heterocycles. The zero-order chi connectivity index (χ0) is 22.8. The van der Waals surface area contributed by atoms with Crippen LogP contribution in [0, 0.1) is 6.92 Å². The van der Waals surface area contributed by atoms with Crippen LogP contribution in [0.15, 0.2) is 65.0 Å². The summed E-state index contributed by atoms with van der Waals surface area (Å²) in [6, 6.07) is 11.9. The van der Waals surface area contributed by atoms with E-state index in [4.69, 9.17) is 16.5 Å². The second-order valence-corrected chi connectivity index (χ2v) is 8.45. The fourth-order valence-electron chi connectivity index (χ4n) is 4.59. The van der Waals surface area contributed by atoms with Gasteiger partial charge < -0.3 is 16.8 Å². The highest BCUT2D eigenvalue weighted by molar-refractivity contribution is 6.05. The van der Waals surface area contributed by atoms with Crippen molar-refractivity contribution < 1.29 is 0 Å². The summed E-state index contributed by atoms with van der Waals surface area (Å²) in [4.78, 5) is 24.3. The molecule has 2 aliphatic rings. The highest BCUT2D eigenvalue weighted by Crippen LogP contribution is 2.40. The Morgan fingerprint density at radius 1 is 1.03 bits per heavy atom. The van der Waals surface area contributed by atoms with E-state index < -0.39 is 5.66 Å². The van der Waals surface area contributed by atoms with Crippen molar-refractivity contribution in [1.82, 2.24) is 15.0 Å². The third-order valence-electron chi connectivity index (χ3n) is 6.19. The van der Waals surface area contributed by atoms with Crippen LogP contribution in [0.25, 0.3) is 11.3 Å². The van der Waals surface area contributed by atoms with Gasteiger partial charge in [0.05, 0.1) is 5.69 Å². The third-order valence-corrected chi connectivity index (χ3v) is 6.19. The van der Waals surface area contributed by atoms with Gasteiger partial charge in [-0.05, 0) is 68.5 Å². The quantitative estimate of drug-likeness (QED) is 0.562. The van der Waals surface area contributed by atoms with Gasteiger partial charge in [-0.3, -0.25) is 9.88 Å². The Morgan fingerprint density at radius 3 is 2.67 bits per heavy atom. The predicted octanol–water partition coefficient (Wildman–Crippen LogP) is 3.70. The molecule has 1 saturated carbocycles. The van der Waals surface area contributed by atoms with Gasteiger partial charge in [0, 0.05) is 35.5 Å². The highest BCUT2D eigenvalue weighted by atomic mass is 15.4. The topological polar surface area (TPSA) is 131 Å². The monoisotopic (exact) mass is 441 g/mol. The molecular weight excluding hydrogens is 414 g/mol. The number of aromatic nitrogens is 3. The number of nitrogens with two attached hydrogens (primary N) is 2. The summed E-state index contributed by atoms with van der Waals surface area (Å²) in [5.74, 6) is 1.12. The average Bonchev–Trinajstić information content (AvgIpc) is 2.82. The van der Waals surface area contributed by atoms with Crippen LogP contribution in [-0.4, -0.2) is 32.5 Å². The summed E-state index contributed by atoms with van der Waals surface area (Å²) in [7, 11) is 0. The standard InChI is InChI=1S/C24H27N9/c1-16-7-8-18(33-22(26)31-21(25)32-24(33)10-3-2-4-11-24)14-20(16)30-23-28-13-9-19(29-23)17-6-5-12-27-15-17/h5-9,12-15H,2-4,10-11H2,1H3,(H,28,29,30)(H4,25,26,31,32). The van der Waals surface area contributed by atoms with E-state index in [0.717, 1.165) is 53.9 Å². The number of hydrogen-bond donors (Lipinski definition) is 3. The second kappa shape index (κ2) is 8.50. The van der Waals surface area contributed by atoms with Gasteiger partial charge in [-0.1, -0.05) is 12.5 Å². The molecule has 0 bridgehead atoms. The Balaban J connectivity index is 1.48. The fraction of sp³-hybridized carbons (Fsp3) is 0.292. The molecule has 5 rings (SSSR count). The summed E-state index contributed by atoms with van der Waals surface area (Å²) in [6.45, 7) is 2.04. The lowest BCUT2D eigenvalue weighted by Gasteiger charge is -2.45. The van der Waals surface area contributed by atoms with Crippen molar-refractivity contribution >= 4 is 29.2 Å². The summed E-state index contributed by atoms with van der Waals surface area (Å²) in [5, 5.41) is 3.37. The lowest BCUT2D eigenvalue weighted by Crippen LogP contribution is -2.58. The molecule has 2 aromatic heterocycles. The van der Waals surface area contributed by atoms with Gasteiger partial charge in [0.1, 0.15) is 5.66 Å². The van der Waals surface area contributed by atoms with Crippen molar-refractivity contribution in [1.29, 1.82) is 0 Å². The zero-order valence-corrected chi connectivity index (χ0v) is 18.6. The maximum Gasteiger partial charge on any atom is 0.227 e. The summed E-state index contributed by atoms with van der Waals surface area (Å²) >= 11 is 0. The Bertz CT molecular complexity index is 1210. The van der Waals surface area contributed by atoms with Gasteiger partial charge >= 0.3 is 0 Å². The molecule has 1 fully saturated rings. The number of hydrogen-bond acceptors (Lipinski definition) is 9. The molecule has 0 amide bonds. The summed E-state index contributed by atoms with van der Waals surface area (Å²) in [5.41, 5.74) is 16.5. The van der Waals surface area contributed by atoms with Gasteiger partial charge in [-0.25, -0.2) is 15.0 Å². The smallest absolute Gasteiger partial charge is 0.227 e. The van der Waals surface area contributed by atoms with E-state index in [1.54, 1.807) is 18.6 Å². The second-order valence-electron chi connectivity index (χ2n) is 8.45. The van der Waals surface area contributed by atoms with Crippen LogP contribution in [0.3, 0.4) is 0 Å². The van der Waals surface area contributed by atoms with Gasteiger partial charge in [-0.2, -0.15) is 4.99 Å².